The average molecular weight is 374 g/mol. The molecule has 1 aromatic carbocycles. The lowest BCUT2D eigenvalue weighted by Gasteiger charge is -2.31. The second-order valence-electron chi connectivity index (χ2n) is 6.21. The summed E-state index contributed by atoms with van der Waals surface area (Å²) in [6, 6.07) is 7.39. The van der Waals surface area contributed by atoms with E-state index < -0.39 is 0 Å². The lowest BCUT2D eigenvalue weighted by atomic mass is 10.00. The first kappa shape index (κ1) is 18.5. The van der Waals surface area contributed by atoms with Crippen LogP contribution in [0.5, 0.6) is 5.75 Å². The number of hydrogen-bond donors (Lipinski definition) is 0. The minimum atomic E-state index is -0.0786. The standard InChI is InChI=1S/C20H24ClN3O2/c1-4-23(5-2)18-11-8-14(13-22-18)20(25)24-12-6-7-15-16(21)9-10-17(26-3)19(15)24/h8-11,13H,4-7,12H2,1-3H3. The Morgan fingerprint density at radius 3 is 2.65 bits per heavy atom. The molecule has 5 nitrogen and oxygen atoms in total. The van der Waals surface area contributed by atoms with Gasteiger partial charge < -0.3 is 14.5 Å². The van der Waals surface area contributed by atoms with E-state index in [2.05, 4.69) is 23.7 Å². The van der Waals surface area contributed by atoms with Gasteiger partial charge in [0.1, 0.15) is 11.6 Å². The molecule has 0 saturated carbocycles. The Hall–Kier alpha value is -2.27. The Balaban J connectivity index is 1.94. The van der Waals surface area contributed by atoms with Crippen molar-refractivity contribution in [1.29, 1.82) is 0 Å². The number of benzene rings is 1. The monoisotopic (exact) mass is 373 g/mol. The maximum Gasteiger partial charge on any atom is 0.259 e. The van der Waals surface area contributed by atoms with Crippen molar-refractivity contribution in [2.45, 2.75) is 26.7 Å². The summed E-state index contributed by atoms with van der Waals surface area (Å²) in [5.41, 5.74) is 2.32. The van der Waals surface area contributed by atoms with Crippen LogP contribution >= 0.6 is 11.6 Å². The van der Waals surface area contributed by atoms with Gasteiger partial charge in [0, 0.05) is 30.9 Å². The molecule has 0 unspecified atom stereocenters. The molecule has 1 amide bonds. The van der Waals surface area contributed by atoms with Crippen LogP contribution in [-0.4, -0.2) is 37.6 Å². The first-order chi connectivity index (χ1) is 12.6. The van der Waals surface area contributed by atoms with E-state index in [0.29, 0.717) is 22.9 Å². The third kappa shape index (κ3) is 3.36. The summed E-state index contributed by atoms with van der Waals surface area (Å²) in [6.45, 7) is 6.58. The first-order valence-electron chi connectivity index (χ1n) is 8.98. The largest absolute Gasteiger partial charge is 0.495 e. The Morgan fingerprint density at radius 2 is 2.04 bits per heavy atom. The van der Waals surface area contributed by atoms with Crippen molar-refractivity contribution in [3.8, 4) is 5.75 Å². The number of ether oxygens (including phenoxy) is 1. The highest BCUT2D eigenvalue weighted by atomic mass is 35.5. The highest BCUT2D eigenvalue weighted by Crippen LogP contribution is 2.40. The van der Waals surface area contributed by atoms with E-state index in [1.807, 2.05) is 24.3 Å². The number of carbonyl (C=O) groups is 1. The number of rotatable bonds is 5. The predicted molar refractivity (Wildman–Crippen MR) is 106 cm³/mol. The molecule has 0 N–H and O–H groups in total. The number of aromatic nitrogens is 1. The summed E-state index contributed by atoms with van der Waals surface area (Å²) in [6.07, 6.45) is 3.37. The van der Waals surface area contributed by atoms with Gasteiger partial charge in [-0.25, -0.2) is 4.98 Å². The van der Waals surface area contributed by atoms with Crippen LogP contribution in [0.3, 0.4) is 0 Å². The molecule has 6 heteroatoms. The maximum atomic E-state index is 13.1. The van der Waals surface area contributed by atoms with Gasteiger partial charge >= 0.3 is 0 Å². The summed E-state index contributed by atoms with van der Waals surface area (Å²) < 4.78 is 5.49. The molecule has 1 aliphatic heterocycles. The summed E-state index contributed by atoms with van der Waals surface area (Å²) in [4.78, 5) is 21.5. The average Bonchev–Trinajstić information content (AvgIpc) is 2.69. The summed E-state index contributed by atoms with van der Waals surface area (Å²) in [5.74, 6) is 1.47. The molecule has 0 bridgehead atoms. The SMILES string of the molecule is CCN(CC)c1ccc(C(=O)N2CCCc3c(Cl)ccc(OC)c32)cn1. The van der Waals surface area contributed by atoms with Crippen LogP contribution in [0, 0.1) is 0 Å². The highest BCUT2D eigenvalue weighted by Gasteiger charge is 2.28. The molecule has 0 radical (unpaired) electrons. The van der Waals surface area contributed by atoms with Crippen molar-refractivity contribution in [3.63, 3.8) is 0 Å². The number of pyridine rings is 1. The normalized spacial score (nSPS) is 13.3. The molecule has 0 aliphatic carbocycles. The lowest BCUT2D eigenvalue weighted by Crippen LogP contribution is -2.36. The summed E-state index contributed by atoms with van der Waals surface area (Å²) in [5, 5.41) is 0.674. The van der Waals surface area contributed by atoms with Crippen LogP contribution in [0.1, 0.15) is 36.2 Å². The minimum absolute atomic E-state index is 0.0786. The second kappa shape index (κ2) is 7.96. The minimum Gasteiger partial charge on any atom is -0.495 e. The number of halogens is 1. The zero-order valence-corrected chi connectivity index (χ0v) is 16.2. The molecule has 0 saturated heterocycles. The van der Waals surface area contributed by atoms with Crippen LogP contribution < -0.4 is 14.5 Å². The van der Waals surface area contributed by atoms with Gasteiger partial charge in [0.05, 0.1) is 18.4 Å². The fourth-order valence-corrected chi connectivity index (χ4v) is 3.67. The predicted octanol–water partition coefficient (Wildman–Crippen LogP) is 4.18. The molecule has 3 rings (SSSR count). The third-order valence-corrected chi connectivity index (χ3v) is 5.17. The zero-order valence-electron chi connectivity index (χ0n) is 15.5. The maximum absolute atomic E-state index is 13.1. The van der Waals surface area contributed by atoms with Crippen LogP contribution in [0.25, 0.3) is 0 Å². The van der Waals surface area contributed by atoms with Gasteiger partial charge in [-0.2, -0.15) is 0 Å². The van der Waals surface area contributed by atoms with E-state index in [4.69, 9.17) is 16.3 Å². The summed E-state index contributed by atoms with van der Waals surface area (Å²) >= 11 is 6.36. The fraction of sp³-hybridized carbons (Fsp3) is 0.400. The third-order valence-electron chi connectivity index (χ3n) is 4.81. The number of anilines is 2. The second-order valence-corrected chi connectivity index (χ2v) is 6.62. The number of carbonyl (C=O) groups excluding carboxylic acids is 1. The van der Waals surface area contributed by atoms with Crippen LogP contribution in [0.4, 0.5) is 11.5 Å². The van der Waals surface area contributed by atoms with Gasteiger partial charge in [0.15, 0.2) is 0 Å². The Labute approximate surface area is 159 Å². The highest BCUT2D eigenvalue weighted by molar-refractivity contribution is 6.32. The number of methoxy groups -OCH3 is 1. The molecule has 1 aromatic heterocycles. The fourth-order valence-electron chi connectivity index (χ4n) is 3.42. The first-order valence-corrected chi connectivity index (χ1v) is 9.36. The molecular formula is C20H24ClN3O2. The van der Waals surface area contributed by atoms with E-state index in [1.54, 1.807) is 18.2 Å². The van der Waals surface area contributed by atoms with E-state index in [0.717, 1.165) is 43.0 Å². The Bertz CT molecular complexity index is 788. The molecule has 2 aromatic rings. The molecule has 0 spiro atoms. The molecule has 0 atom stereocenters. The number of amides is 1. The van der Waals surface area contributed by atoms with Gasteiger partial charge in [0.25, 0.3) is 5.91 Å². The number of fused-ring (bicyclic) bond motifs is 1. The van der Waals surface area contributed by atoms with Gasteiger partial charge in [-0.15, -0.1) is 0 Å². The molecule has 26 heavy (non-hydrogen) atoms. The number of nitrogens with zero attached hydrogens (tertiary/aromatic N) is 3. The van der Waals surface area contributed by atoms with E-state index >= 15 is 0 Å². The molecular weight excluding hydrogens is 350 g/mol. The quantitative estimate of drug-likeness (QED) is 0.788. The van der Waals surface area contributed by atoms with Crippen LogP contribution in [0.2, 0.25) is 5.02 Å². The van der Waals surface area contributed by atoms with E-state index in [-0.39, 0.29) is 5.91 Å². The Kier molecular flexibility index (Phi) is 5.67. The molecule has 138 valence electrons. The van der Waals surface area contributed by atoms with Crippen molar-refractivity contribution < 1.29 is 9.53 Å². The van der Waals surface area contributed by atoms with Gasteiger partial charge in [0.2, 0.25) is 0 Å². The zero-order chi connectivity index (χ0) is 18.7. The molecule has 1 aliphatic rings. The van der Waals surface area contributed by atoms with Crippen molar-refractivity contribution >= 4 is 29.0 Å². The van der Waals surface area contributed by atoms with Crippen molar-refractivity contribution in [2.24, 2.45) is 0 Å². The Morgan fingerprint density at radius 1 is 1.27 bits per heavy atom. The van der Waals surface area contributed by atoms with E-state index in [9.17, 15) is 4.79 Å². The van der Waals surface area contributed by atoms with Gasteiger partial charge in [-0.05, 0) is 56.5 Å². The van der Waals surface area contributed by atoms with Crippen molar-refractivity contribution in [2.75, 3.05) is 36.5 Å². The number of hydrogen-bond acceptors (Lipinski definition) is 4. The van der Waals surface area contributed by atoms with Crippen LogP contribution in [0.15, 0.2) is 30.5 Å². The van der Waals surface area contributed by atoms with E-state index in [1.165, 1.54) is 0 Å². The smallest absolute Gasteiger partial charge is 0.259 e. The van der Waals surface area contributed by atoms with Crippen molar-refractivity contribution in [1.82, 2.24) is 4.98 Å². The van der Waals surface area contributed by atoms with Crippen LogP contribution in [-0.2, 0) is 6.42 Å². The van der Waals surface area contributed by atoms with Gasteiger partial charge in [-0.1, -0.05) is 11.6 Å². The topological polar surface area (TPSA) is 45.7 Å². The lowest BCUT2D eigenvalue weighted by molar-refractivity contribution is 0.0984. The van der Waals surface area contributed by atoms with Gasteiger partial charge in [-0.3, -0.25) is 4.79 Å². The molecule has 2 heterocycles. The summed E-state index contributed by atoms with van der Waals surface area (Å²) in [7, 11) is 1.61. The van der Waals surface area contributed by atoms with Crippen molar-refractivity contribution in [3.05, 3.63) is 46.6 Å². The molecule has 0 fully saturated rings.